The number of halogens is 1. The molecule has 1 saturated carbocycles. The summed E-state index contributed by atoms with van der Waals surface area (Å²) in [5.74, 6) is 1.09. The summed E-state index contributed by atoms with van der Waals surface area (Å²) in [7, 11) is 0. The van der Waals surface area contributed by atoms with E-state index in [1.54, 1.807) is 0 Å². The van der Waals surface area contributed by atoms with Gasteiger partial charge in [0.1, 0.15) is 5.82 Å². The van der Waals surface area contributed by atoms with E-state index >= 15 is 0 Å². The Morgan fingerprint density at radius 3 is 2.78 bits per heavy atom. The molecular formula is C14H18ClN3. The first-order valence-electron chi connectivity index (χ1n) is 6.41. The Balaban J connectivity index is 2.27. The molecule has 1 heterocycles. The fraction of sp³-hybridized carbons (Fsp3) is 0.500. The van der Waals surface area contributed by atoms with Crippen LogP contribution in [0.1, 0.15) is 38.6 Å². The van der Waals surface area contributed by atoms with Crippen molar-refractivity contribution in [3.8, 4) is 0 Å². The monoisotopic (exact) mass is 263 g/mol. The predicted octanol–water partition coefficient (Wildman–Crippen LogP) is 3.26. The van der Waals surface area contributed by atoms with Crippen molar-refractivity contribution in [3.63, 3.8) is 0 Å². The predicted molar refractivity (Wildman–Crippen MR) is 75.1 cm³/mol. The van der Waals surface area contributed by atoms with E-state index in [0.29, 0.717) is 12.6 Å². The molecule has 4 heteroatoms. The van der Waals surface area contributed by atoms with Gasteiger partial charge in [-0.25, -0.2) is 4.98 Å². The van der Waals surface area contributed by atoms with Crippen molar-refractivity contribution in [1.29, 1.82) is 0 Å². The van der Waals surface area contributed by atoms with Crippen LogP contribution in [-0.4, -0.2) is 16.1 Å². The molecule has 1 aromatic heterocycles. The van der Waals surface area contributed by atoms with Crippen molar-refractivity contribution < 1.29 is 0 Å². The SMILES string of the molecule is CC(C)(CN)c1nc2cc(Cl)ccc2n1C1CC1. The Labute approximate surface area is 112 Å². The summed E-state index contributed by atoms with van der Waals surface area (Å²) in [6.45, 7) is 4.89. The Hall–Kier alpha value is -1.06. The highest BCUT2D eigenvalue weighted by molar-refractivity contribution is 6.31. The first-order valence-corrected chi connectivity index (χ1v) is 6.79. The zero-order valence-corrected chi connectivity index (χ0v) is 11.5. The van der Waals surface area contributed by atoms with Gasteiger partial charge in [-0.3, -0.25) is 0 Å². The number of imidazole rings is 1. The third kappa shape index (κ3) is 1.82. The maximum Gasteiger partial charge on any atom is 0.117 e. The molecule has 0 radical (unpaired) electrons. The van der Waals surface area contributed by atoms with Crippen molar-refractivity contribution in [2.24, 2.45) is 5.73 Å². The number of aromatic nitrogens is 2. The van der Waals surface area contributed by atoms with Crippen LogP contribution in [0.5, 0.6) is 0 Å². The summed E-state index contributed by atoms with van der Waals surface area (Å²) >= 11 is 6.05. The molecule has 2 aromatic rings. The van der Waals surface area contributed by atoms with Crippen LogP contribution in [0.2, 0.25) is 5.02 Å². The topological polar surface area (TPSA) is 43.8 Å². The van der Waals surface area contributed by atoms with Crippen molar-refractivity contribution in [2.75, 3.05) is 6.54 Å². The number of hydrogen-bond acceptors (Lipinski definition) is 2. The van der Waals surface area contributed by atoms with Crippen LogP contribution < -0.4 is 5.73 Å². The van der Waals surface area contributed by atoms with Gasteiger partial charge < -0.3 is 10.3 Å². The van der Waals surface area contributed by atoms with Gasteiger partial charge in [0.2, 0.25) is 0 Å². The lowest BCUT2D eigenvalue weighted by molar-refractivity contribution is 0.473. The number of fused-ring (bicyclic) bond motifs is 1. The Bertz CT molecular complexity index is 596. The van der Waals surface area contributed by atoms with Crippen LogP contribution in [0.15, 0.2) is 18.2 Å². The molecule has 96 valence electrons. The first-order chi connectivity index (χ1) is 8.53. The molecule has 1 aliphatic rings. The van der Waals surface area contributed by atoms with E-state index in [0.717, 1.165) is 16.4 Å². The number of nitrogens with zero attached hydrogens (tertiary/aromatic N) is 2. The molecule has 2 N–H and O–H groups in total. The molecule has 3 nitrogen and oxygen atoms in total. The molecule has 0 amide bonds. The molecule has 18 heavy (non-hydrogen) atoms. The van der Waals surface area contributed by atoms with Gasteiger partial charge in [-0.1, -0.05) is 25.4 Å². The van der Waals surface area contributed by atoms with E-state index in [1.807, 2.05) is 12.1 Å². The summed E-state index contributed by atoms with van der Waals surface area (Å²) in [5, 5.41) is 0.736. The number of nitrogens with two attached hydrogens (primary N) is 1. The van der Waals surface area contributed by atoms with Crippen molar-refractivity contribution >= 4 is 22.6 Å². The summed E-state index contributed by atoms with van der Waals surface area (Å²) in [6.07, 6.45) is 2.48. The largest absolute Gasteiger partial charge is 0.329 e. The standard InChI is InChI=1S/C14H18ClN3/c1-14(2,8-16)13-17-11-7-9(15)3-6-12(11)18(13)10-4-5-10/h3,6-7,10H,4-5,8,16H2,1-2H3. The molecule has 3 rings (SSSR count). The van der Waals surface area contributed by atoms with E-state index in [-0.39, 0.29) is 5.41 Å². The number of rotatable bonds is 3. The van der Waals surface area contributed by atoms with Crippen LogP contribution in [0.25, 0.3) is 11.0 Å². The maximum atomic E-state index is 6.05. The molecule has 1 aromatic carbocycles. The highest BCUT2D eigenvalue weighted by Crippen LogP contribution is 2.41. The average Bonchev–Trinajstić information content (AvgIpc) is 3.09. The van der Waals surface area contributed by atoms with Crippen molar-refractivity contribution in [3.05, 3.63) is 29.0 Å². The van der Waals surface area contributed by atoms with Gasteiger partial charge in [-0.2, -0.15) is 0 Å². The van der Waals surface area contributed by atoms with Crippen LogP contribution in [-0.2, 0) is 5.41 Å². The molecule has 0 aliphatic heterocycles. The lowest BCUT2D eigenvalue weighted by Crippen LogP contribution is -2.31. The van der Waals surface area contributed by atoms with Crippen LogP contribution >= 0.6 is 11.6 Å². The van der Waals surface area contributed by atoms with E-state index in [9.17, 15) is 0 Å². The minimum atomic E-state index is -0.103. The maximum absolute atomic E-state index is 6.05. The van der Waals surface area contributed by atoms with Gasteiger partial charge in [-0.15, -0.1) is 0 Å². The molecule has 0 spiro atoms. The minimum absolute atomic E-state index is 0.103. The summed E-state index contributed by atoms with van der Waals surface area (Å²) < 4.78 is 2.36. The third-order valence-electron chi connectivity index (χ3n) is 3.68. The normalized spacial score (nSPS) is 16.4. The summed E-state index contributed by atoms with van der Waals surface area (Å²) in [5.41, 5.74) is 7.95. The highest BCUT2D eigenvalue weighted by Gasteiger charge is 2.33. The Kier molecular flexibility index (Phi) is 2.65. The van der Waals surface area contributed by atoms with Gasteiger partial charge in [0.25, 0.3) is 0 Å². The molecule has 0 unspecified atom stereocenters. The second kappa shape index (κ2) is 3.97. The van der Waals surface area contributed by atoms with Crippen LogP contribution in [0, 0.1) is 0 Å². The third-order valence-corrected chi connectivity index (χ3v) is 3.91. The van der Waals surface area contributed by atoms with Gasteiger partial charge in [-0.05, 0) is 31.0 Å². The van der Waals surface area contributed by atoms with E-state index < -0.39 is 0 Å². The highest BCUT2D eigenvalue weighted by atomic mass is 35.5. The van der Waals surface area contributed by atoms with Crippen LogP contribution in [0.3, 0.4) is 0 Å². The summed E-state index contributed by atoms with van der Waals surface area (Å²) in [6, 6.07) is 6.53. The molecule has 0 saturated heterocycles. The molecule has 1 aliphatic carbocycles. The van der Waals surface area contributed by atoms with Gasteiger partial charge in [0.05, 0.1) is 11.0 Å². The molecule has 1 fully saturated rings. The lowest BCUT2D eigenvalue weighted by Gasteiger charge is -2.23. The Morgan fingerprint density at radius 1 is 1.44 bits per heavy atom. The van der Waals surface area contributed by atoms with E-state index in [4.69, 9.17) is 22.3 Å². The van der Waals surface area contributed by atoms with Crippen LogP contribution in [0.4, 0.5) is 0 Å². The zero-order valence-electron chi connectivity index (χ0n) is 10.8. The smallest absolute Gasteiger partial charge is 0.117 e. The average molecular weight is 264 g/mol. The fourth-order valence-corrected chi connectivity index (χ4v) is 2.51. The molecular weight excluding hydrogens is 246 g/mol. The van der Waals surface area contributed by atoms with E-state index in [2.05, 4.69) is 24.5 Å². The Morgan fingerprint density at radius 2 is 2.17 bits per heavy atom. The number of benzene rings is 1. The first kappa shape index (κ1) is 12.0. The van der Waals surface area contributed by atoms with Crippen molar-refractivity contribution in [2.45, 2.75) is 38.1 Å². The lowest BCUT2D eigenvalue weighted by atomic mass is 9.92. The van der Waals surface area contributed by atoms with Gasteiger partial charge in [0, 0.05) is 23.0 Å². The minimum Gasteiger partial charge on any atom is -0.329 e. The quantitative estimate of drug-likeness (QED) is 0.924. The second-order valence-electron chi connectivity index (χ2n) is 5.76. The summed E-state index contributed by atoms with van der Waals surface area (Å²) in [4.78, 5) is 4.78. The van der Waals surface area contributed by atoms with Gasteiger partial charge in [0.15, 0.2) is 0 Å². The van der Waals surface area contributed by atoms with E-state index in [1.165, 1.54) is 18.4 Å². The van der Waals surface area contributed by atoms with Gasteiger partial charge >= 0.3 is 0 Å². The second-order valence-corrected chi connectivity index (χ2v) is 6.19. The van der Waals surface area contributed by atoms with Crippen molar-refractivity contribution in [1.82, 2.24) is 9.55 Å². The molecule has 0 atom stereocenters. The fourth-order valence-electron chi connectivity index (χ4n) is 2.34. The zero-order chi connectivity index (χ0) is 12.9. The molecule has 0 bridgehead atoms. The number of hydrogen-bond donors (Lipinski definition) is 1.